The number of aliphatic hydroxyl groups is 1. The number of aromatic nitrogens is 1. The lowest BCUT2D eigenvalue weighted by Crippen LogP contribution is -2.24. The van der Waals surface area contributed by atoms with Gasteiger partial charge < -0.3 is 14.8 Å². The summed E-state index contributed by atoms with van der Waals surface area (Å²) in [5.41, 5.74) is 0.904. The van der Waals surface area contributed by atoms with Gasteiger partial charge in [-0.15, -0.1) is 0 Å². The second kappa shape index (κ2) is 5.80. The number of aliphatic hydroxyl groups excluding tert-OH is 1. The highest BCUT2D eigenvalue weighted by Gasteiger charge is 2.13. The summed E-state index contributed by atoms with van der Waals surface area (Å²) < 4.78 is 5.43. The standard InChI is InChI=1S/C14H18N2O2/c1-10-8-16-14(18-10)11(2)15-9-13(17)12-6-4-3-5-7-12/h3-8,11,13,15,17H,9H2,1-2H3. The van der Waals surface area contributed by atoms with Crippen LogP contribution in [0.4, 0.5) is 0 Å². The second-order valence-corrected chi connectivity index (χ2v) is 4.37. The van der Waals surface area contributed by atoms with E-state index in [9.17, 15) is 5.11 Å². The number of hydrogen-bond acceptors (Lipinski definition) is 4. The molecule has 2 N–H and O–H groups in total. The highest BCUT2D eigenvalue weighted by atomic mass is 16.4. The summed E-state index contributed by atoms with van der Waals surface area (Å²) in [6.45, 7) is 4.29. The van der Waals surface area contributed by atoms with Gasteiger partial charge in [-0.2, -0.15) is 0 Å². The van der Waals surface area contributed by atoms with Gasteiger partial charge in [0.2, 0.25) is 5.89 Å². The molecule has 4 heteroatoms. The summed E-state index contributed by atoms with van der Waals surface area (Å²) in [4.78, 5) is 4.16. The van der Waals surface area contributed by atoms with Gasteiger partial charge in [0.1, 0.15) is 5.76 Å². The van der Waals surface area contributed by atoms with Crippen LogP contribution in [0.2, 0.25) is 0 Å². The molecular weight excluding hydrogens is 228 g/mol. The van der Waals surface area contributed by atoms with Gasteiger partial charge >= 0.3 is 0 Å². The molecule has 1 aromatic heterocycles. The molecule has 18 heavy (non-hydrogen) atoms. The van der Waals surface area contributed by atoms with Crippen LogP contribution < -0.4 is 5.32 Å². The number of rotatable bonds is 5. The molecule has 0 amide bonds. The van der Waals surface area contributed by atoms with E-state index in [0.717, 1.165) is 11.3 Å². The smallest absolute Gasteiger partial charge is 0.211 e. The van der Waals surface area contributed by atoms with Crippen LogP contribution >= 0.6 is 0 Å². The Kier molecular flexibility index (Phi) is 4.12. The van der Waals surface area contributed by atoms with Gasteiger partial charge in [0.05, 0.1) is 18.3 Å². The maximum Gasteiger partial charge on any atom is 0.211 e. The van der Waals surface area contributed by atoms with Crippen molar-refractivity contribution in [3.63, 3.8) is 0 Å². The number of aryl methyl sites for hydroxylation is 1. The molecule has 96 valence electrons. The molecule has 0 bridgehead atoms. The van der Waals surface area contributed by atoms with Gasteiger partial charge in [-0.3, -0.25) is 0 Å². The molecule has 0 saturated heterocycles. The van der Waals surface area contributed by atoms with Crippen LogP contribution in [0.1, 0.15) is 36.3 Å². The van der Waals surface area contributed by atoms with Crippen LogP contribution in [0.5, 0.6) is 0 Å². The van der Waals surface area contributed by atoms with Crippen molar-refractivity contribution in [2.24, 2.45) is 0 Å². The van der Waals surface area contributed by atoms with Gasteiger partial charge in [0.15, 0.2) is 0 Å². The molecule has 0 fully saturated rings. The Morgan fingerprint density at radius 2 is 2.06 bits per heavy atom. The number of nitrogens with zero attached hydrogens (tertiary/aromatic N) is 1. The number of benzene rings is 1. The third-order valence-electron chi connectivity index (χ3n) is 2.81. The van der Waals surface area contributed by atoms with Gasteiger partial charge in [-0.05, 0) is 19.4 Å². The van der Waals surface area contributed by atoms with E-state index in [0.29, 0.717) is 12.4 Å². The minimum atomic E-state index is -0.523. The van der Waals surface area contributed by atoms with E-state index in [1.807, 2.05) is 44.2 Å². The fourth-order valence-corrected chi connectivity index (χ4v) is 1.74. The third kappa shape index (κ3) is 3.18. The van der Waals surface area contributed by atoms with Crippen molar-refractivity contribution in [3.8, 4) is 0 Å². The van der Waals surface area contributed by atoms with Crippen molar-refractivity contribution in [1.82, 2.24) is 10.3 Å². The molecule has 2 rings (SSSR count). The second-order valence-electron chi connectivity index (χ2n) is 4.37. The minimum absolute atomic E-state index is 0.0166. The maximum absolute atomic E-state index is 10.0. The molecule has 1 heterocycles. The zero-order valence-electron chi connectivity index (χ0n) is 10.6. The van der Waals surface area contributed by atoms with E-state index in [-0.39, 0.29) is 6.04 Å². The average molecular weight is 246 g/mol. The molecule has 0 radical (unpaired) electrons. The Labute approximate surface area is 107 Å². The van der Waals surface area contributed by atoms with Crippen molar-refractivity contribution in [2.75, 3.05) is 6.54 Å². The summed E-state index contributed by atoms with van der Waals surface area (Å²) in [6, 6.07) is 9.57. The molecule has 4 nitrogen and oxygen atoms in total. The Bertz CT molecular complexity index is 482. The van der Waals surface area contributed by atoms with Crippen LogP contribution in [0.3, 0.4) is 0 Å². The van der Waals surface area contributed by atoms with Gasteiger partial charge in [0, 0.05) is 6.54 Å². The molecule has 0 saturated carbocycles. The molecule has 2 aromatic rings. The van der Waals surface area contributed by atoms with Crippen molar-refractivity contribution in [1.29, 1.82) is 0 Å². The molecule has 2 atom stereocenters. The third-order valence-corrected chi connectivity index (χ3v) is 2.81. The molecule has 0 aliphatic carbocycles. The lowest BCUT2D eigenvalue weighted by molar-refractivity contribution is 0.168. The molecular formula is C14H18N2O2. The van der Waals surface area contributed by atoms with Crippen molar-refractivity contribution in [2.45, 2.75) is 26.0 Å². The van der Waals surface area contributed by atoms with Crippen LogP contribution in [0.25, 0.3) is 0 Å². The lowest BCUT2D eigenvalue weighted by atomic mass is 10.1. The predicted molar refractivity (Wildman–Crippen MR) is 69.1 cm³/mol. The van der Waals surface area contributed by atoms with Crippen LogP contribution in [-0.4, -0.2) is 16.6 Å². The maximum atomic E-state index is 10.0. The summed E-state index contributed by atoms with van der Waals surface area (Å²) in [7, 11) is 0. The largest absolute Gasteiger partial charge is 0.444 e. The van der Waals surface area contributed by atoms with Crippen molar-refractivity contribution >= 4 is 0 Å². The van der Waals surface area contributed by atoms with Crippen molar-refractivity contribution < 1.29 is 9.52 Å². The van der Waals surface area contributed by atoms with E-state index in [2.05, 4.69) is 10.3 Å². The number of nitrogens with one attached hydrogen (secondary N) is 1. The highest BCUT2D eigenvalue weighted by Crippen LogP contribution is 2.15. The number of hydrogen-bond donors (Lipinski definition) is 2. The van der Waals surface area contributed by atoms with Gasteiger partial charge in [-0.25, -0.2) is 4.98 Å². The first-order chi connectivity index (χ1) is 8.66. The van der Waals surface area contributed by atoms with Gasteiger partial charge in [-0.1, -0.05) is 30.3 Å². The first kappa shape index (κ1) is 12.8. The molecule has 0 aliphatic heterocycles. The van der Waals surface area contributed by atoms with Crippen molar-refractivity contribution in [3.05, 3.63) is 53.7 Å². The highest BCUT2D eigenvalue weighted by molar-refractivity contribution is 5.17. The Morgan fingerprint density at radius 3 is 2.67 bits per heavy atom. The lowest BCUT2D eigenvalue weighted by Gasteiger charge is -2.15. The predicted octanol–water partition coefficient (Wildman–Crippen LogP) is 2.37. The van der Waals surface area contributed by atoms with E-state index >= 15 is 0 Å². The monoisotopic (exact) mass is 246 g/mol. The first-order valence-corrected chi connectivity index (χ1v) is 6.05. The Hall–Kier alpha value is -1.65. The van der Waals surface area contributed by atoms with E-state index in [1.165, 1.54) is 0 Å². The average Bonchev–Trinajstić information content (AvgIpc) is 2.83. The zero-order valence-corrected chi connectivity index (χ0v) is 10.6. The van der Waals surface area contributed by atoms with Crippen LogP contribution in [-0.2, 0) is 0 Å². The molecule has 2 unspecified atom stereocenters. The quantitative estimate of drug-likeness (QED) is 0.850. The van der Waals surface area contributed by atoms with Gasteiger partial charge in [0.25, 0.3) is 0 Å². The fraction of sp³-hybridized carbons (Fsp3) is 0.357. The Balaban J connectivity index is 1.88. The summed E-state index contributed by atoms with van der Waals surface area (Å²) in [5, 5.41) is 13.2. The topological polar surface area (TPSA) is 58.3 Å². The molecule has 0 spiro atoms. The van der Waals surface area contributed by atoms with Crippen LogP contribution in [0.15, 0.2) is 40.9 Å². The summed E-state index contributed by atoms with van der Waals surface area (Å²) in [6.07, 6.45) is 1.17. The SMILES string of the molecule is Cc1cnc(C(C)NCC(O)c2ccccc2)o1. The fourth-order valence-electron chi connectivity index (χ4n) is 1.74. The van der Waals surface area contributed by atoms with E-state index in [4.69, 9.17) is 4.42 Å². The summed E-state index contributed by atoms with van der Waals surface area (Å²) >= 11 is 0. The summed E-state index contributed by atoms with van der Waals surface area (Å²) in [5.74, 6) is 1.44. The Morgan fingerprint density at radius 1 is 1.33 bits per heavy atom. The minimum Gasteiger partial charge on any atom is -0.444 e. The number of oxazole rings is 1. The molecule has 0 aliphatic rings. The van der Waals surface area contributed by atoms with Crippen LogP contribution in [0, 0.1) is 6.92 Å². The normalized spacial score (nSPS) is 14.4. The first-order valence-electron chi connectivity index (χ1n) is 6.05. The molecule has 1 aromatic carbocycles. The van der Waals surface area contributed by atoms with E-state index in [1.54, 1.807) is 6.20 Å². The van der Waals surface area contributed by atoms with E-state index < -0.39 is 6.10 Å². The zero-order chi connectivity index (χ0) is 13.0.